The Morgan fingerprint density at radius 1 is 1.36 bits per heavy atom. The van der Waals surface area contributed by atoms with Crippen molar-refractivity contribution in [2.45, 2.75) is 25.2 Å². The second-order valence-corrected chi connectivity index (χ2v) is 6.12. The molecular formula is C16H21Cl2NO3. The number of halogens is 2. The van der Waals surface area contributed by atoms with Crippen LogP contribution in [0.4, 0.5) is 0 Å². The Morgan fingerprint density at radius 2 is 2.09 bits per heavy atom. The van der Waals surface area contributed by atoms with E-state index in [9.17, 15) is 4.79 Å². The van der Waals surface area contributed by atoms with E-state index in [-0.39, 0.29) is 5.91 Å². The molecule has 0 bridgehead atoms. The number of benzene rings is 1. The maximum absolute atomic E-state index is 12.8. The van der Waals surface area contributed by atoms with Gasteiger partial charge in [-0.3, -0.25) is 4.79 Å². The second kappa shape index (κ2) is 8.16. The maximum Gasteiger partial charge on any atom is 0.230 e. The molecule has 0 atom stereocenters. The molecular weight excluding hydrogens is 325 g/mol. The van der Waals surface area contributed by atoms with Gasteiger partial charge in [0.2, 0.25) is 5.91 Å². The molecule has 1 aromatic carbocycles. The second-order valence-electron chi connectivity index (χ2n) is 5.27. The Balaban J connectivity index is 2.21. The minimum atomic E-state index is -0.661. The van der Waals surface area contributed by atoms with Crippen LogP contribution in [0, 0.1) is 0 Å². The maximum atomic E-state index is 12.8. The molecule has 22 heavy (non-hydrogen) atoms. The van der Waals surface area contributed by atoms with Gasteiger partial charge in [-0.05, 0) is 37.5 Å². The van der Waals surface area contributed by atoms with Crippen molar-refractivity contribution in [1.29, 1.82) is 0 Å². The van der Waals surface area contributed by atoms with Crippen LogP contribution in [-0.4, -0.2) is 38.9 Å². The van der Waals surface area contributed by atoms with Crippen LogP contribution >= 0.6 is 23.2 Å². The first kappa shape index (κ1) is 17.5. The van der Waals surface area contributed by atoms with Crippen LogP contribution in [0.3, 0.4) is 0 Å². The third-order valence-electron chi connectivity index (χ3n) is 3.96. The Bertz CT molecular complexity index is 516. The minimum Gasteiger partial charge on any atom is -0.381 e. The first-order chi connectivity index (χ1) is 10.6. The van der Waals surface area contributed by atoms with E-state index >= 15 is 0 Å². The van der Waals surface area contributed by atoms with Gasteiger partial charge in [-0.1, -0.05) is 29.3 Å². The summed E-state index contributed by atoms with van der Waals surface area (Å²) in [5.41, 5.74) is 0.155. The SMILES string of the molecule is CCOCCNC(=O)C1(c2ccc(Cl)cc2Cl)CCOCC1. The first-order valence-corrected chi connectivity index (χ1v) is 8.25. The summed E-state index contributed by atoms with van der Waals surface area (Å²) in [4.78, 5) is 12.8. The van der Waals surface area contributed by atoms with Crippen molar-refractivity contribution >= 4 is 29.1 Å². The van der Waals surface area contributed by atoms with E-state index < -0.39 is 5.41 Å². The van der Waals surface area contributed by atoms with Crippen LogP contribution in [0.1, 0.15) is 25.3 Å². The van der Waals surface area contributed by atoms with Crippen molar-refractivity contribution in [3.05, 3.63) is 33.8 Å². The van der Waals surface area contributed by atoms with Gasteiger partial charge in [0.05, 0.1) is 12.0 Å². The molecule has 1 aromatic rings. The van der Waals surface area contributed by atoms with Gasteiger partial charge < -0.3 is 14.8 Å². The number of amides is 1. The molecule has 0 aliphatic carbocycles. The largest absolute Gasteiger partial charge is 0.381 e. The molecule has 2 rings (SSSR count). The zero-order valence-corrected chi connectivity index (χ0v) is 14.2. The Morgan fingerprint density at radius 3 is 2.73 bits per heavy atom. The van der Waals surface area contributed by atoms with Crippen LogP contribution < -0.4 is 5.32 Å². The molecule has 6 heteroatoms. The molecule has 1 saturated heterocycles. The van der Waals surface area contributed by atoms with Gasteiger partial charge in [0, 0.05) is 36.4 Å². The zero-order valence-electron chi connectivity index (χ0n) is 12.7. The summed E-state index contributed by atoms with van der Waals surface area (Å²) in [6.07, 6.45) is 1.21. The zero-order chi connectivity index (χ0) is 16.0. The number of carbonyl (C=O) groups excluding carboxylic acids is 1. The average Bonchev–Trinajstić information content (AvgIpc) is 2.52. The minimum absolute atomic E-state index is 0.0280. The van der Waals surface area contributed by atoms with Crippen molar-refractivity contribution in [3.63, 3.8) is 0 Å². The summed E-state index contributed by atoms with van der Waals surface area (Å²) in [5.74, 6) is -0.0280. The standard InChI is InChI=1S/C16H21Cl2NO3/c1-2-21-10-7-19-15(20)16(5-8-22-9-6-16)13-4-3-12(17)11-14(13)18/h3-4,11H,2,5-10H2,1H3,(H,19,20). The van der Waals surface area contributed by atoms with Crippen molar-refractivity contribution in [3.8, 4) is 0 Å². The molecule has 0 radical (unpaired) electrons. The monoisotopic (exact) mass is 345 g/mol. The average molecular weight is 346 g/mol. The molecule has 0 aromatic heterocycles. The summed E-state index contributed by atoms with van der Waals surface area (Å²) < 4.78 is 10.7. The number of hydrogen-bond donors (Lipinski definition) is 1. The van der Waals surface area contributed by atoms with Crippen molar-refractivity contribution in [2.75, 3.05) is 33.0 Å². The number of nitrogens with one attached hydrogen (secondary N) is 1. The highest BCUT2D eigenvalue weighted by Crippen LogP contribution is 2.39. The fourth-order valence-electron chi connectivity index (χ4n) is 2.77. The van der Waals surface area contributed by atoms with E-state index in [0.29, 0.717) is 55.9 Å². The molecule has 1 aliphatic heterocycles. The Kier molecular flexibility index (Phi) is 6.50. The summed E-state index contributed by atoms with van der Waals surface area (Å²) in [6, 6.07) is 5.30. The van der Waals surface area contributed by atoms with Crippen LogP contribution in [0.25, 0.3) is 0 Å². The highest BCUT2D eigenvalue weighted by molar-refractivity contribution is 6.35. The van der Waals surface area contributed by atoms with Crippen LogP contribution in [0.5, 0.6) is 0 Å². The summed E-state index contributed by atoms with van der Waals surface area (Å²) in [7, 11) is 0. The van der Waals surface area contributed by atoms with Gasteiger partial charge in [-0.25, -0.2) is 0 Å². The van der Waals surface area contributed by atoms with Crippen molar-refractivity contribution < 1.29 is 14.3 Å². The predicted molar refractivity (Wildman–Crippen MR) is 87.7 cm³/mol. The summed E-state index contributed by atoms with van der Waals surface area (Å²) >= 11 is 12.3. The van der Waals surface area contributed by atoms with Crippen LogP contribution in [-0.2, 0) is 19.7 Å². The van der Waals surface area contributed by atoms with E-state index in [1.807, 2.05) is 13.0 Å². The van der Waals surface area contributed by atoms with Crippen molar-refractivity contribution in [1.82, 2.24) is 5.32 Å². The van der Waals surface area contributed by atoms with Crippen LogP contribution in [0.2, 0.25) is 10.0 Å². The molecule has 0 saturated carbocycles. The molecule has 1 aliphatic rings. The number of carbonyl (C=O) groups is 1. The van der Waals surface area contributed by atoms with Crippen LogP contribution in [0.15, 0.2) is 18.2 Å². The topological polar surface area (TPSA) is 47.6 Å². The molecule has 4 nitrogen and oxygen atoms in total. The number of hydrogen-bond acceptors (Lipinski definition) is 3. The third kappa shape index (κ3) is 3.93. The quantitative estimate of drug-likeness (QED) is 0.805. The molecule has 122 valence electrons. The third-order valence-corrected chi connectivity index (χ3v) is 4.51. The highest BCUT2D eigenvalue weighted by Gasteiger charge is 2.42. The molecule has 1 N–H and O–H groups in total. The smallest absolute Gasteiger partial charge is 0.230 e. The van der Waals surface area contributed by atoms with Gasteiger partial charge in [0.25, 0.3) is 0 Å². The van der Waals surface area contributed by atoms with E-state index in [4.69, 9.17) is 32.7 Å². The molecule has 1 fully saturated rings. The van der Waals surface area contributed by atoms with Gasteiger partial charge in [-0.2, -0.15) is 0 Å². The lowest BCUT2D eigenvalue weighted by molar-refractivity contribution is -0.130. The number of ether oxygens (including phenoxy) is 2. The van der Waals surface area contributed by atoms with E-state index in [0.717, 1.165) is 5.56 Å². The first-order valence-electron chi connectivity index (χ1n) is 7.49. The number of rotatable bonds is 6. The van der Waals surface area contributed by atoms with Gasteiger partial charge in [0.1, 0.15) is 0 Å². The highest BCUT2D eigenvalue weighted by atomic mass is 35.5. The fourth-order valence-corrected chi connectivity index (χ4v) is 3.36. The molecule has 0 unspecified atom stereocenters. The molecule has 0 spiro atoms. The molecule has 1 heterocycles. The normalized spacial score (nSPS) is 17.2. The molecule has 1 amide bonds. The summed E-state index contributed by atoms with van der Waals surface area (Å²) in [5, 5.41) is 4.04. The lowest BCUT2D eigenvalue weighted by Crippen LogP contribution is -2.49. The van der Waals surface area contributed by atoms with E-state index in [1.165, 1.54) is 0 Å². The summed E-state index contributed by atoms with van der Waals surface area (Å²) in [6.45, 7) is 4.63. The van der Waals surface area contributed by atoms with E-state index in [2.05, 4.69) is 5.32 Å². The lowest BCUT2D eigenvalue weighted by Gasteiger charge is -2.36. The van der Waals surface area contributed by atoms with Crippen molar-refractivity contribution in [2.24, 2.45) is 0 Å². The van der Waals surface area contributed by atoms with Gasteiger partial charge in [0.15, 0.2) is 0 Å². The van der Waals surface area contributed by atoms with Gasteiger partial charge >= 0.3 is 0 Å². The van der Waals surface area contributed by atoms with E-state index in [1.54, 1.807) is 12.1 Å². The van der Waals surface area contributed by atoms with Gasteiger partial charge in [-0.15, -0.1) is 0 Å². The Labute approximate surface area is 141 Å². The predicted octanol–water partition coefficient (Wildman–Crippen LogP) is 3.19. The fraction of sp³-hybridized carbons (Fsp3) is 0.562. The Hall–Kier alpha value is -0.810. The lowest BCUT2D eigenvalue weighted by atomic mass is 9.73.